The molecule has 0 radical (unpaired) electrons. The van der Waals surface area contributed by atoms with E-state index in [1.165, 1.54) is 44.6 Å². The third-order valence-electron chi connectivity index (χ3n) is 8.69. The van der Waals surface area contributed by atoms with Crippen LogP contribution in [0, 0.1) is 0 Å². The molecular formula is C41H46N4O8. The molecule has 12 nitrogen and oxygen atoms in total. The number of carboxylic acids is 2. The van der Waals surface area contributed by atoms with Gasteiger partial charge in [0.25, 0.3) is 0 Å². The van der Waals surface area contributed by atoms with Gasteiger partial charge in [-0.2, -0.15) is 0 Å². The first-order valence-corrected chi connectivity index (χ1v) is 18.1. The van der Waals surface area contributed by atoms with Gasteiger partial charge >= 0.3 is 11.9 Å². The number of hydrogen-bond donors (Lipinski definition) is 4. The van der Waals surface area contributed by atoms with E-state index < -0.39 is 24.6 Å². The van der Waals surface area contributed by atoms with Gasteiger partial charge in [0.1, 0.15) is 11.6 Å². The number of ether oxygens (including phenoxy) is 2. The van der Waals surface area contributed by atoms with E-state index in [1.807, 2.05) is 60.7 Å². The molecule has 1 aromatic heterocycles. The lowest BCUT2D eigenvalue weighted by Gasteiger charge is -2.06. The molecule has 278 valence electrons. The minimum Gasteiger partial charge on any atom is -0.482 e. The number of aliphatic carboxylic acids is 2. The van der Waals surface area contributed by atoms with Gasteiger partial charge < -0.3 is 34.8 Å². The normalized spacial score (nSPS) is 13.8. The van der Waals surface area contributed by atoms with Crippen LogP contribution in [0.2, 0.25) is 0 Å². The Labute approximate surface area is 308 Å². The fraction of sp³-hybridized carbons (Fsp3) is 0.341. The Bertz CT molecular complexity index is 1870. The number of H-pyrrole nitrogens is 1. The number of nitrogens with zero attached hydrogens (tertiary/aromatic N) is 2. The molecular weight excluding hydrogens is 676 g/mol. The van der Waals surface area contributed by atoms with Crippen LogP contribution >= 0.6 is 0 Å². The average Bonchev–Trinajstić information content (AvgIpc) is 3.85. The quantitative estimate of drug-likeness (QED) is 0.0507. The van der Waals surface area contributed by atoms with Crippen LogP contribution < -0.4 is 10.1 Å². The Kier molecular flexibility index (Phi) is 14.3. The molecule has 4 aromatic rings. The summed E-state index contributed by atoms with van der Waals surface area (Å²) in [6.07, 6.45) is 11.1. The van der Waals surface area contributed by atoms with Gasteiger partial charge in [-0.15, -0.1) is 0 Å². The minimum atomic E-state index is -1.06. The maximum atomic E-state index is 12.4. The van der Waals surface area contributed by atoms with Gasteiger partial charge in [-0.3, -0.25) is 4.79 Å². The Morgan fingerprint density at radius 3 is 2.19 bits per heavy atom. The summed E-state index contributed by atoms with van der Waals surface area (Å²) in [5.74, 6) is -1.29. The number of carbonyl (C=O) groups is 3. The van der Waals surface area contributed by atoms with E-state index in [-0.39, 0.29) is 12.3 Å². The van der Waals surface area contributed by atoms with Crippen molar-refractivity contribution >= 4 is 29.6 Å². The van der Waals surface area contributed by atoms with Gasteiger partial charge in [0.05, 0.1) is 23.7 Å². The first-order chi connectivity index (χ1) is 25.8. The number of unbranched alkanes of at least 4 members (excludes halogenated alkanes) is 6. The molecule has 4 N–H and O–H groups in total. The van der Waals surface area contributed by atoms with Gasteiger partial charge in [0.15, 0.2) is 6.61 Å². The number of nitrogens with one attached hydrogen (secondary N) is 2. The number of aromatic amines is 1. The van der Waals surface area contributed by atoms with Crippen LogP contribution in [0.5, 0.6) is 5.75 Å². The molecule has 1 atom stereocenters. The zero-order valence-electron chi connectivity index (χ0n) is 29.9. The number of imidazole rings is 1. The van der Waals surface area contributed by atoms with Crippen LogP contribution in [0.4, 0.5) is 0 Å². The lowest BCUT2D eigenvalue weighted by atomic mass is 10.0. The highest BCUT2D eigenvalue weighted by Gasteiger charge is 2.28. The summed E-state index contributed by atoms with van der Waals surface area (Å²) in [6.45, 7) is 3.43. The Balaban J connectivity index is 1.23. The highest BCUT2D eigenvalue weighted by Crippen LogP contribution is 2.34. The monoisotopic (exact) mass is 722 g/mol. The Hall–Kier alpha value is -5.75. The van der Waals surface area contributed by atoms with Crippen molar-refractivity contribution in [3.05, 3.63) is 90.0 Å². The van der Waals surface area contributed by atoms with Crippen molar-refractivity contribution < 1.29 is 38.9 Å². The molecule has 0 saturated heterocycles. The molecule has 2 heterocycles. The summed E-state index contributed by atoms with van der Waals surface area (Å²) in [4.78, 5) is 48.1. The van der Waals surface area contributed by atoms with Crippen molar-refractivity contribution in [2.24, 2.45) is 5.16 Å². The predicted molar refractivity (Wildman–Crippen MR) is 203 cm³/mol. The van der Waals surface area contributed by atoms with E-state index in [0.717, 1.165) is 39.9 Å². The van der Waals surface area contributed by atoms with Crippen molar-refractivity contribution in [2.75, 3.05) is 26.4 Å². The molecule has 5 rings (SSSR count). The van der Waals surface area contributed by atoms with Gasteiger partial charge in [0.2, 0.25) is 12.0 Å². The molecule has 1 amide bonds. The van der Waals surface area contributed by atoms with Crippen LogP contribution in [-0.4, -0.2) is 76.2 Å². The van der Waals surface area contributed by atoms with E-state index in [9.17, 15) is 19.5 Å². The number of aromatic nitrogens is 2. The van der Waals surface area contributed by atoms with Crippen molar-refractivity contribution in [3.8, 4) is 39.7 Å². The van der Waals surface area contributed by atoms with Crippen molar-refractivity contribution in [2.45, 2.75) is 64.4 Å². The van der Waals surface area contributed by atoms with Crippen molar-refractivity contribution in [1.82, 2.24) is 15.3 Å². The molecule has 0 aliphatic carbocycles. The summed E-state index contributed by atoms with van der Waals surface area (Å²) in [7, 11) is 0. The summed E-state index contributed by atoms with van der Waals surface area (Å²) < 4.78 is 11.0. The third kappa shape index (κ3) is 11.6. The second kappa shape index (κ2) is 19.7. The number of carboxylic acid groups (broad SMARTS) is 2. The number of oxime groups is 1. The second-order valence-electron chi connectivity index (χ2n) is 12.7. The third-order valence-corrected chi connectivity index (χ3v) is 8.69. The molecule has 1 aliphatic heterocycles. The average molecular weight is 723 g/mol. The van der Waals surface area contributed by atoms with E-state index in [2.05, 4.69) is 22.4 Å². The van der Waals surface area contributed by atoms with Crippen molar-refractivity contribution in [1.29, 1.82) is 0 Å². The number of hydrogen-bond acceptors (Lipinski definition) is 8. The lowest BCUT2D eigenvalue weighted by Crippen LogP contribution is -2.25. The molecule has 0 bridgehead atoms. The SMILES string of the molecule is CCCCCCCCCOCCNC(=O)C=Cc1ccc(-c2[nH]c(-c3ccc(C4=NOC(C(=O)O)C4)cc3)nc2-c2ccc(OCC(=O)O)cc2)cc1. The standard InChI is InChI=1S/C41H46N4O8/c1-2-3-4-5-6-7-8-24-51-25-23-42-36(46)22-11-28-9-12-30(13-10-28)38-39(31-18-20-33(21-19-31)52-27-37(47)48)44-40(43-38)32-16-14-29(15-17-32)34-26-35(41(49)50)53-45-34/h9-22,35H,2-8,23-27H2,1H3,(H,42,46)(H,43,44)(H,47,48)(H,49,50). The first-order valence-electron chi connectivity index (χ1n) is 18.1. The Morgan fingerprint density at radius 2 is 1.51 bits per heavy atom. The molecule has 0 fully saturated rings. The van der Waals surface area contributed by atoms with Gasteiger partial charge in [0, 0.05) is 42.3 Å². The number of rotatable bonds is 21. The molecule has 0 saturated carbocycles. The van der Waals surface area contributed by atoms with Crippen LogP contribution in [0.25, 0.3) is 40.0 Å². The molecule has 0 spiro atoms. The zero-order chi connectivity index (χ0) is 37.4. The van der Waals surface area contributed by atoms with Gasteiger partial charge in [-0.05, 0) is 47.9 Å². The second-order valence-corrected chi connectivity index (χ2v) is 12.7. The fourth-order valence-electron chi connectivity index (χ4n) is 5.78. The largest absolute Gasteiger partial charge is 0.482 e. The summed E-state index contributed by atoms with van der Waals surface area (Å²) in [6, 6.07) is 22.2. The predicted octanol–water partition coefficient (Wildman–Crippen LogP) is 7.35. The highest BCUT2D eigenvalue weighted by molar-refractivity contribution is 6.03. The fourth-order valence-corrected chi connectivity index (χ4v) is 5.78. The Morgan fingerprint density at radius 1 is 0.849 bits per heavy atom. The van der Waals surface area contributed by atoms with Crippen LogP contribution in [0.3, 0.4) is 0 Å². The lowest BCUT2D eigenvalue weighted by molar-refractivity contribution is -0.148. The van der Waals surface area contributed by atoms with Crippen LogP contribution in [-0.2, 0) is 24.0 Å². The van der Waals surface area contributed by atoms with E-state index in [0.29, 0.717) is 42.7 Å². The smallest absolute Gasteiger partial charge is 0.348 e. The maximum Gasteiger partial charge on any atom is 0.348 e. The van der Waals surface area contributed by atoms with E-state index in [1.54, 1.807) is 18.2 Å². The number of amides is 1. The summed E-state index contributed by atoms with van der Waals surface area (Å²) in [5.41, 5.74) is 6.03. The van der Waals surface area contributed by atoms with Gasteiger partial charge in [-0.25, -0.2) is 14.6 Å². The number of carbonyl (C=O) groups excluding carboxylic acids is 1. The van der Waals surface area contributed by atoms with Crippen LogP contribution in [0.15, 0.2) is 84.0 Å². The van der Waals surface area contributed by atoms with E-state index in [4.69, 9.17) is 24.4 Å². The summed E-state index contributed by atoms with van der Waals surface area (Å²) >= 11 is 0. The highest BCUT2D eigenvalue weighted by atomic mass is 16.7. The molecule has 12 heteroatoms. The number of benzene rings is 3. The molecule has 3 aromatic carbocycles. The van der Waals surface area contributed by atoms with Gasteiger partial charge in [-0.1, -0.05) is 99.1 Å². The molecule has 1 unspecified atom stereocenters. The topological polar surface area (TPSA) is 172 Å². The maximum absolute atomic E-state index is 12.4. The first kappa shape index (κ1) is 38.5. The van der Waals surface area contributed by atoms with Crippen LogP contribution in [0.1, 0.15) is 69.4 Å². The zero-order valence-corrected chi connectivity index (χ0v) is 29.9. The molecule has 1 aliphatic rings. The van der Waals surface area contributed by atoms with E-state index >= 15 is 0 Å². The molecule has 53 heavy (non-hydrogen) atoms. The van der Waals surface area contributed by atoms with Crippen molar-refractivity contribution in [3.63, 3.8) is 0 Å². The summed E-state index contributed by atoms with van der Waals surface area (Å²) in [5, 5.41) is 25.0. The minimum absolute atomic E-state index is 0.181.